The summed E-state index contributed by atoms with van der Waals surface area (Å²) in [6.45, 7) is 4.10. The van der Waals surface area contributed by atoms with E-state index < -0.39 is 30.4 Å². The number of aromatic nitrogens is 5. The molecule has 1 aliphatic rings. The number of rotatable bonds is 7. The molecular formula is C25H28N6O5. The van der Waals surface area contributed by atoms with Crippen molar-refractivity contribution in [3.63, 3.8) is 0 Å². The van der Waals surface area contributed by atoms with Crippen LogP contribution < -0.4 is 5.73 Å². The average Bonchev–Trinajstić information content (AvgIpc) is 3.50. The first-order chi connectivity index (χ1) is 17.3. The molecule has 0 aliphatic carbocycles. The summed E-state index contributed by atoms with van der Waals surface area (Å²) in [6, 6.07) is 12.6. The highest BCUT2D eigenvalue weighted by Crippen LogP contribution is 2.34. The van der Waals surface area contributed by atoms with Gasteiger partial charge in [-0.2, -0.15) is 0 Å². The molecule has 1 saturated heterocycles. The van der Waals surface area contributed by atoms with Crippen LogP contribution in [0.4, 0.5) is 0 Å². The molecule has 11 heteroatoms. The predicted molar refractivity (Wildman–Crippen MR) is 130 cm³/mol. The molecule has 5 N–H and O–H groups in total. The lowest BCUT2D eigenvalue weighted by Gasteiger charge is -2.18. The van der Waals surface area contributed by atoms with Crippen molar-refractivity contribution in [3.05, 3.63) is 59.4 Å². The number of phenolic OH excluding ortho intramolecular Hbond substituents is 1. The third-order valence-corrected chi connectivity index (χ3v) is 6.48. The summed E-state index contributed by atoms with van der Waals surface area (Å²) >= 11 is 0. The van der Waals surface area contributed by atoms with Crippen LogP contribution in [0, 0.1) is 6.92 Å². The number of fused-ring (bicyclic) bond motifs is 1. The van der Waals surface area contributed by atoms with E-state index in [1.165, 1.54) is 4.68 Å². The summed E-state index contributed by atoms with van der Waals surface area (Å²) in [5.74, 6) is 0.0599. The van der Waals surface area contributed by atoms with E-state index in [-0.39, 0.29) is 18.0 Å². The van der Waals surface area contributed by atoms with Gasteiger partial charge >= 0.3 is 0 Å². The van der Waals surface area contributed by atoms with E-state index in [0.717, 1.165) is 22.2 Å². The molecule has 1 fully saturated rings. The number of primary amides is 1. The lowest BCUT2D eigenvalue weighted by Crippen LogP contribution is -2.34. The van der Waals surface area contributed by atoms with Gasteiger partial charge in [0.25, 0.3) is 5.91 Å². The van der Waals surface area contributed by atoms with Gasteiger partial charge in [-0.3, -0.25) is 4.79 Å². The molecule has 0 unspecified atom stereocenters. The largest absolute Gasteiger partial charge is 0.508 e. The third kappa shape index (κ3) is 4.11. The zero-order valence-corrected chi connectivity index (χ0v) is 19.9. The molecule has 188 valence electrons. The second kappa shape index (κ2) is 9.34. The number of amides is 1. The maximum Gasteiger partial charge on any atom is 0.271 e. The summed E-state index contributed by atoms with van der Waals surface area (Å²) in [7, 11) is 0. The Labute approximate surface area is 206 Å². The number of phenols is 1. The second-order valence-corrected chi connectivity index (χ2v) is 9.07. The molecule has 2 aromatic heterocycles. The molecule has 4 aromatic rings. The Kier molecular flexibility index (Phi) is 6.20. The number of imidazole rings is 1. The standard InChI is InChI=1S/C25H28N6O5/c1-3-4-17-20(23(26)35)28-29-31(17)25-22(34)21(33)19(36-25)12-30-18-11-13(2)5-10-16(18)27-24(30)14-6-8-15(32)9-7-14/h5-11,19,21-22,25,32-34H,3-4,12H2,1-2H3,(H2,26,35)/t19-,21-,22-,25-/m1/s1. The van der Waals surface area contributed by atoms with E-state index in [4.69, 9.17) is 15.5 Å². The quantitative estimate of drug-likeness (QED) is 0.303. The highest BCUT2D eigenvalue weighted by molar-refractivity contribution is 5.91. The van der Waals surface area contributed by atoms with Crippen LogP contribution in [0.3, 0.4) is 0 Å². The van der Waals surface area contributed by atoms with Gasteiger partial charge in [-0.1, -0.05) is 24.6 Å². The molecule has 1 aliphatic heterocycles. The van der Waals surface area contributed by atoms with Crippen LogP contribution in [0.25, 0.3) is 22.4 Å². The Bertz CT molecular complexity index is 1410. The number of ether oxygens (including phenoxy) is 1. The van der Waals surface area contributed by atoms with Gasteiger partial charge in [0.15, 0.2) is 11.9 Å². The van der Waals surface area contributed by atoms with E-state index in [1.807, 2.05) is 36.6 Å². The van der Waals surface area contributed by atoms with E-state index in [9.17, 15) is 20.1 Å². The van der Waals surface area contributed by atoms with Gasteiger partial charge in [0, 0.05) is 5.56 Å². The van der Waals surface area contributed by atoms with Crippen molar-refractivity contribution in [3.8, 4) is 17.1 Å². The van der Waals surface area contributed by atoms with Gasteiger partial charge < -0.3 is 30.4 Å². The first-order valence-corrected chi connectivity index (χ1v) is 11.8. The number of nitrogens with two attached hydrogens (primary N) is 1. The maximum atomic E-state index is 11.8. The number of carbonyl (C=O) groups is 1. The summed E-state index contributed by atoms with van der Waals surface area (Å²) in [5, 5.41) is 39.5. The van der Waals surface area contributed by atoms with Crippen molar-refractivity contribution in [2.75, 3.05) is 0 Å². The lowest BCUT2D eigenvalue weighted by molar-refractivity contribution is -0.0503. The molecule has 2 aromatic carbocycles. The number of carbonyl (C=O) groups excluding carboxylic acids is 1. The molecule has 36 heavy (non-hydrogen) atoms. The molecule has 4 atom stereocenters. The smallest absolute Gasteiger partial charge is 0.271 e. The van der Waals surface area contributed by atoms with Crippen molar-refractivity contribution in [1.82, 2.24) is 24.5 Å². The van der Waals surface area contributed by atoms with Crippen molar-refractivity contribution >= 4 is 16.9 Å². The molecule has 0 radical (unpaired) electrons. The number of aryl methyl sites for hydroxylation is 1. The van der Waals surface area contributed by atoms with Gasteiger partial charge in [0.05, 0.1) is 23.3 Å². The number of hydrogen-bond acceptors (Lipinski definition) is 8. The van der Waals surface area contributed by atoms with Gasteiger partial charge in [0.2, 0.25) is 0 Å². The molecule has 0 spiro atoms. The van der Waals surface area contributed by atoms with Crippen molar-refractivity contribution in [2.24, 2.45) is 5.73 Å². The molecule has 0 bridgehead atoms. The van der Waals surface area contributed by atoms with Crippen molar-refractivity contribution in [2.45, 2.75) is 57.8 Å². The van der Waals surface area contributed by atoms with E-state index in [2.05, 4.69) is 10.3 Å². The summed E-state index contributed by atoms with van der Waals surface area (Å²) in [5.41, 5.74) is 9.35. The fraction of sp³-hybridized carbons (Fsp3) is 0.360. The monoisotopic (exact) mass is 492 g/mol. The first-order valence-electron chi connectivity index (χ1n) is 11.8. The minimum absolute atomic E-state index is 0.0243. The lowest BCUT2D eigenvalue weighted by atomic mass is 10.1. The van der Waals surface area contributed by atoms with Crippen LogP contribution in [0.2, 0.25) is 0 Å². The topological polar surface area (TPSA) is 162 Å². The second-order valence-electron chi connectivity index (χ2n) is 9.07. The third-order valence-electron chi connectivity index (χ3n) is 6.48. The van der Waals surface area contributed by atoms with Gasteiger partial charge in [-0.15, -0.1) is 5.10 Å². The zero-order chi connectivity index (χ0) is 25.6. The molecular weight excluding hydrogens is 464 g/mol. The first kappa shape index (κ1) is 23.9. The highest BCUT2D eigenvalue weighted by Gasteiger charge is 2.45. The number of aliphatic hydroxyl groups excluding tert-OH is 2. The normalized spacial score (nSPS) is 21.9. The number of benzene rings is 2. The SMILES string of the molecule is CCCc1c(C(N)=O)nnn1[C@@H]1O[C@H](Cn2c(-c3ccc(O)cc3)nc3ccc(C)cc32)[C@@H](O)[C@H]1O. The molecule has 3 heterocycles. The van der Waals surface area contributed by atoms with Crippen LogP contribution >= 0.6 is 0 Å². The highest BCUT2D eigenvalue weighted by atomic mass is 16.6. The Morgan fingerprint density at radius 3 is 2.58 bits per heavy atom. The summed E-state index contributed by atoms with van der Waals surface area (Å²) in [4.78, 5) is 16.6. The fourth-order valence-electron chi connectivity index (χ4n) is 4.69. The van der Waals surface area contributed by atoms with E-state index in [1.54, 1.807) is 24.3 Å². The van der Waals surface area contributed by atoms with Crippen LogP contribution in [0.5, 0.6) is 5.75 Å². The van der Waals surface area contributed by atoms with Gasteiger partial charge in [0.1, 0.15) is 29.9 Å². The molecule has 1 amide bonds. The van der Waals surface area contributed by atoms with Crippen LogP contribution in [0.15, 0.2) is 42.5 Å². The van der Waals surface area contributed by atoms with E-state index in [0.29, 0.717) is 24.4 Å². The van der Waals surface area contributed by atoms with Crippen LogP contribution in [-0.4, -0.2) is 64.1 Å². The minimum atomic E-state index is -1.30. The van der Waals surface area contributed by atoms with Crippen molar-refractivity contribution in [1.29, 1.82) is 0 Å². The van der Waals surface area contributed by atoms with Crippen LogP contribution in [0.1, 0.15) is 41.3 Å². The number of aromatic hydroxyl groups is 1. The van der Waals surface area contributed by atoms with Gasteiger partial charge in [-0.05, 0) is 55.3 Å². The maximum absolute atomic E-state index is 11.8. The summed E-state index contributed by atoms with van der Waals surface area (Å²) in [6.07, 6.45) is -3.24. The zero-order valence-electron chi connectivity index (χ0n) is 19.9. The molecule has 5 rings (SSSR count). The number of hydrogen-bond donors (Lipinski definition) is 4. The molecule has 0 saturated carbocycles. The average molecular weight is 493 g/mol. The van der Waals surface area contributed by atoms with Gasteiger partial charge in [-0.25, -0.2) is 9.67 Å². The Balaban J connectivity index is 1.52. The predicted octanol–water partition coefficient (Wildman–Crippen LogP) is 1.68. The Morgan fingerprint density at radius 2 is 1.89 bits per heavy atom. The van der Waals surface area contributed by atoms with Crippen molar-refractivity contribution < 1.29 is 24.9 Å². The summed E-state index contributed by atoms with van der Waals surface area (Å²) < 4.78 is 9.41. The minimum Gasteiger partial charge on any atom is -0.508 e. The van der Waals surface area contributed by atoms with Crippen LogP contribution in [-0.2, 0) is 17.7 Å². The number of nitrogens with zero attached hydrogens (tertiary/aromatic N) is 5. The fourth-order valence-corrected chi connectivity index (χ4v) is 4.69. The Morgan fingerprint density at radius 1 is 1.14 bits per heavy atom. The Hall–Kier alpha value is -3.80. The molecule has 11 nitrogen and oxygen atoms in total. The number of aliphatic hydroxyl groups is 2. The van der Waals surface area contributed by atoms with E-state index >= 15 is 0 Å².